The van der Waals surface area contributed by atoms with Crippen molar-refractivity contribution < 1.29 is 19.7 Å². The smallest absolute Gasteiger partial charge is 0.244 e. The molecule has 38 heavy (non-hydrogen) atoms. The Hall–Kier alpha value is -5.71. The van der Waals surface area contributed by atoms with E-state index in [1.54, 1.807) is 0 Å². The van der Waals surface area contributed by atoms with Gasteiger partial charge in [-0.25, -0.2) is 9.97 Å². The molecule has 188 valence electrons. The van der Waals surface area contributed by atoms with Gasteiger partial charge in [0.25, 0.3) is 0 Å². The number of hydrogen-bond donors (Lipinski definition) is 6. The van der Waals surface area contributed by atoms with Gasteiger partial charge in [0.1, 0.15) is 17.7 Å². The first-order valence-corrected chi connectivity index (χ1v) is 11.5. The second-order valence-corrected chi connectivity index (χ2v) is 8.34. The Morgan fingerprint density at radius 1 is 0.632 bits per heavy atom. The average molecular weight is 508 g/mol. The molecule has 0 bridgehead atoms. The zero-order chi connectivity index (χ0) is 26.2. The molecule has 0 spiro atoms. The molecule has 0 fully saturated rings. The predicted octanol–water partition coefficient (Wildman–Crippen LogP) is 5.13. The number of nitrogen functional groups attached to an aromatic ring is 2. The molecule has 0 amide bonds. The van der Waals surface area contributed by atoms with Crippen molar-refractivity contribution in [2.45, 2.75) is 0 Å². The van der Waals surface area contributed by atoms with Crippen molar-refractivity contribution >= 4 is 11.4 Å². The number of aromatic nitrogens is 5. The highest BCUT2D eigenvalue weighted by atomic mass is 16.5. The van der Waals surface area contributed by atoms with Crippen molar-refractivity contribution in [3.63, 3.8) is 0 Å². The summed E-state index contributed by atoms with van der Waals surface area (Å²) in [4.78, 5) is 18.7. The molecular weight excluding hydrogens is 486 g/mol. The lowest BCUT2D eigenvalue weighted by Crippen LogP contribution is -1.90. The van der Waals surface area contributed by atoms with Crippen molar-refractivity contribution in [3.8, 4) is 68.7 Å². The second-order valence-electron chi connectivity index (χ2n) is 8.34. The molecule has 2 aliphatic heterocycles. The van der Waals surface area contributed by atoms with Gasteiger partial charge in [-0.1, -0.05) is 60.7 Å². The molecule has 4 aromatic rings. The molecule has 0 saturated carbocycles. The van der Waals surface area contributed by atoms with E-state index in [0.29, 0.717) is 22.5 Å². The fourth-order valence-corrected chi connectivity index (χ4v) is 4.07. The van der Waals surface area contributed by atoms with Gasteiger partial charge >= 0.3 is 0 Å². The third-order valence-electron chi connectivity index (χ3n) is 5.99. The Balaban J connectivity index is 1.33. The quantitative estimate of drug-likeness (QED) is 0.178. The van der Waals surface area contributed by atoms with Crippen LogP contribution in [0.2, 0.25) is 0 Å². The van der Waals surface area contributed by atoms with Gasteiger partial charge < -0.3 is 41.1 Å². The number of anilines is 2. The molecule has 2 aliphatic rings. The minimum absolute atomic E-state index is 0.00677. The predicted molar refractivity (Wildman–Crippen MR) is 141 cm³/mol. The van der Waals surface area contributed by atoms with Crippen molar-refractivity contribution in [2.24, 2.45) is 0 Å². The van der Waals surface area contributed by atoms with Crippen molar-refractivity contribution in [3.05, 3.63) is 79.4 Å². The van der Waals surface area contributed by atoms with Crippen LogP contribution < -0.4 is 20.9 Å². The molecule has 11 heteroatoms. The van der Waals surface area contributed by atoms with E-state index in [4.69, 9.17) is 20.9 Å². The van der Waals surface area contributed by atoms with Gasteiger partial charge in [0.05, 0.1) is 22.5 Å². The third kappa shape index (κ3) is 3.84. The first-order valence-electron chi connectivity index (χ1n) is 11.5. The van der Waals surface area contributed by atoms with Crippen LogP contribution in [0.3, 0.4) is 0 Å². The monoisotopic (exact) mass is 507 g/mol. The second kappa shape index (κ2) is 9.06. The van der Waals surface area contributed by atoms with Gasteiger partial charge in [0, 0.05) is 23.5 Å². The summed E-state index contributed by atoms with van der Waals surface area (Å²) in [5, 5.41) is 21.2. The van der Waals surface area contributed by atoms with Crippen LogP contribution in [0.4, 0.5) is 11.4 Å². The number of benzene rings is 2. The van der Waals surface area contributed by atoms with E-state index >= 15 is 0 Å². The zero-order valence-corrected chi connectivity index (χ0v) is 19.7. The topological polar surface area (TPSA) is 181 Å². The molecular formula is C27H21N7O4. The summed E-state index contributed by atoms with van der Waals surface area (Å²) in [6.07, 6.45) is 4.27. The number of aromatic hydroxyl groups is 2. The molecule has 8 N–H and O–H groups in total. The van der Waals surface area contributed by atoms with Gasteiger partial charge in [-0.2, -0.15) is 0 Å². The summed E-state index contributed by atoms with van der Waals surface area (Å²) in [5.74, 6) is -0.309. The summed E-state index contributed by atoms with van der Waals surface area (Å²) >= 11 is 0. The van der Waals surface area contributed by atoms with Gasteiger partial charge in [-0.3, -0.25) is 4.98 Å². The fraction of sp³-hybridized carbons (Fsp3) is 0. The highest BCUT2D eigenvalue weighted by molar-refractivity contribution is 5.82. The Morgan fingerprint density at radius 3 is 1.47 bits per heavy atom. The molecule has 4 heterocycles. The van der Waals surface area contributed by atoms with Crippen LogP contribution in [0.15, 0.2) is 79.4 Å². The molecule has 11 nitrogen and oxygen atoms in total. The summed E-state index contributed by atoms with van der Waals surface area (Å²) in [7, 11) is 0. The van der Waals surface area contributed by atoms with E-state index < -0.39 is 0 Å². The lowest BCUT2D eigenvalue weighted by molar-refractivity contribution is 0.397. The number of aromatic amines is 2. The largest absolute Gasteiger partial charge is 0.502 e. The summed E-state index contributed by atoms with van der Waals surface area (Å²) < 4.78 is 11.8. The number of ether oxygens (including phenoxy) is 2. The minimum Gasteiger partial charge on any atom is -0.502 e. The van der Waals surface area contributed by atoms with Crippen LogP contribution in [-0.4, -0.2) is 35.1 Å². The number of H-pyrrole nitrogens is 2. The van der Waals surface area contributed by atoms with E-state index in [9.17, 15) is 10.2 Å². The van der Waals surface area contributed by atoms with Crippen LogP contribution in [0.1, 0.15) is 0 Å². The van der Waals surface area contributed by atoms with E-state index in [0.717, 1.165) is 11.1 Å². The standard InChI is InChI=1S/C27H21N7O4/c28-18-20(14-7-3-1-4-8-14)33-26(22(18)35)37-24-16-11-30-12-17(16)25(32-13-31-24)38-27-23(36)19(29)21(34-27)15-9-5-2-6-10-15/h1-13,33-36H,28-29H2. The van der Waals surface area contributed by atoms with E-state index in [2.05, 4.69) is 24.9 Å². The Kier molecular flexibility index (Phi) is 5.42. The number of nitrogens with two attached hydrogens (primary N) is 2. The molecule has 2 aromatic heterocycles. The molecule has 6 rings (SSSR count). The highest BCUT2D eigenvalue weighted by Crippen LogP contribution is 2.46. The lowest BCUT2D eigenvalue weighted by Gasteiger charge is -2.06. The summed E-state index contributed by atoms with van der Waals surface area (Å²) in [6, 6.07) is 18.6. The maximum Gasteiger partial charge on any atom is 0.244 e. The Morgan fingerprint density at radius 2 is 1.05 bits per heavy atom. The number of nitrogens with one attached hydrogen (secondary N) is 2. The number of rotatable bonds is 6. The zero-order valence-electron chi connectivity index (χ0n) is 19.7. The lowest BCUT2D eigenvalue weighted by atomic mass is 10.1. The Bertz CT molecular complexity index is 1590. The SMILES string of the molecule is Nc1c(-c2ccccc2)[nH]c(Oc2ncnc(Oc3[nH]c(-c4ccccc4)c(N)c3O)c3cncc2-3)c1O. The summed E-state index contributed by atoms with van der Waals surface area (Å²) in [6.45, 7) is 0. The molecule has 0 radical (unpaired) electrons. The average Bonchev–Trinajstić information content (AvgIpc) is 3.59. The van der Waals surface area contributed by atoms with Gasteiger partial charge in [-0.15, -0.1) is 0 Å². The van der Waals surface area contributed by atoms with Crippen LogP contribution >= 0.6 is 0 Å². The van der Waals surface area contributed by atoms with Crippen LogP contribution in [0, 0.1) is 0 Å². The fourth-order valence-electron chi connectivity index (χ4n) is 4.07. The summed E-state index contributed by atoms with van der Waals surface area (Å²) in [5.41, 5.74) is 16.0. The first-order chi connectivity index (χ1) is 18.5. The van der Waals surface area contributed by atoms with Gasteiger partial charge in [0.2, 0.25) is 35.0 Å². The Labute approximate surface area is 215 Å². The number of fused-ring (bicyclic) bond motifs is 1. The molecule has 0 aliphatic carbocycles. The van der Waals surface area contributed by atoms with Gasteiger partial charge in [0.15, 0.2) is 0 Å². The maximum absolute atomic E-state index is 10.6. The van der Waals surface area contributed by atoms with Crippen molar-refractivity contribution in [1.29, 1.82) is 0 Å². The molecule has 0 atom stereocenters. The van der Waals surface area contributed by atoms with Gasteiger partial charge in [-0.05, 0) is 0 Å². The normalized spacial score (nSPS) is 11.1. The number of nitrogens with zero attached hydrogens (tertiary/aromatic N) is 3. The maximum atomic E-state index is 10.6. The minimum atomic E-state index is -0.255. The van der Waals surface area contributed by atoms with E-state index in [1.165, 1.54) is 18.7 Å². The molecule has 2 aromatic carbocycles. The van der Waals surface area contributed by atoms with Crippen LogP contribution in [0.5, 0.6) is 35.0 Å². The van der Waals surface area contributed by atoms with E-state index in [-0.39, 0.29) is 46.4 Å². The van der Waals surface area contributed by atoms with Crippen molar-refractivity contribution in [2.75, 3.05) is 11.5 Å². The van der Waals surface area contributed by atoms with Crippen molar-refractivity contribution in [1.82, 2.24) is 24.9 Å². The molecule has 0 unspecified atom stereocenters. The third-order valence-corrected chi connectivity index (χ3v) is 5.99. The molecule has 0 saturated heterocycles. The first kappa shape index (κ1) is 22.7. The number of hydrogen-bond acceptors (Lipinski definition) is 9. The van der Waals surface area contributed by atoms with Crippen LogP contribution in [-0.2, 0) is 0 Å². The van der Waals surface area contributed by atoms with Crippen LogP contribution in [0.25, 0.3) is 33.6 Å². The van der Waals surface area contributed by atoms with E-state index in [1.807, 2.05) is 60.7 Å². The highest BCUT2D eigenvalue weighted by Gasteiger charge is 2.24.